The van der Waals surface area contributed by atoms with Crippen LogP contribution < -0.4 is 10.6 Å². The van der Waals surface area contributed by atoms with Crippen LogP contribution in [0.5, 0.6) is 0 Å². The highest BCUT2D eigenvalue weighted by molar-refractivity contribution is 7.80. The Hall–Kier alpha value is -3.19. The predicted octanol–water partition coefficient (Wildman–Crippen LogP) is 2.84. The molecule has 0 bridgehead atoms. The number of terminal acetylenes is 1. The fourth-order valence-corrected chi connectivity index (χ4v) is 3.63. The predicted molar refractivity (Wildman–Crippen MR) is 140 cm³/mol. The second kappa shape index (κ2) is 15.0. The first-order valence-electron chi connectivity index (χ1n) is 11.8. The normalized spacial score (nSPS) is 12.5. The first-order chi connectivity index (χ1) is 17.0. The highest BCUT2D eigenvalue weighted by Gasteiger charge is 2.36. The number of alkyl carbamates (subject to hydrolysis) is 1. The van der Waals surface area contributed by atoms with Crippen LogP contribution in [0.25, 0.3) is 0 Å². The van der Waals surface area contributed by atoms with Gasteiger partial charge in [0.15, 0.2) is 0 Å². The van der Waals surface area contributed by atoms with Crippen LogP contribution in [0.2, 0.25) is 0 Å². The zero-order valence-corrected chi connectivity index (χ0v) is 22.5. The molecule has 0 fully saturated rings. The number of methoxy groups -OCH3 is 1. The van der Waals surface area contributed by atoms with Gasteiger partial charge in [-0.25, -0.2) is 4.79 Å². The van der Waals surface area contributed by atoms with E-state index in [1.807, 2.05) is 6.92 Å². The molecule has 0 aliphatic heterocycles. The number of thiol groups is 1. The van der Waals surface area contributed by atoms with E-state index in [-0.39, 0.29) is 18.8 Å². The number of benzene rings is 1. The molecular weight excluding hydrogens is 482 g/mol. The van der Waals surface area contributed by atoms with E-state index in [9.17, 15) is 19.2 Å². The molecule has 0 aliphatic rings. The Morgan fingerprint density at radius 2 is 1.83 bits per heavy atom. The molecule has 1 aromatic carbocycles. The van der Waals surface area contributed by atoms with Crippen LogP contribution in [0.3, 0.4) is 0 Å². The number of nitrogens with zero attached hydrogens (tertiary/aromatic N) is 1. The number of unbranched alkanes of at least 4 members (excludes halogenated alkanes) is 2. The zero-order valence-electron chi connectivity index (χ0n) is 21.6. The number of amides is 3. The first kappa shape index (κ1) is 30.8. The maximum Gasteiger partial charge on any atom is 0.408 e. The van der Waals surface area contributed by atoms with Gasteiger partial charge in [-0.05, 0) is 38.8 Å². The largest absolute Gasteiger partial charge is 0.468 e. The third-order valence-electron chi connectivity index (χ3n) is 5.06. The minimum atomic E-state index is -1.16. The standard InChI is InChI=1S/C26H37N3O6S/c1-7-9-12-15-29(24(32)20(17-36)28-25(33)35-26(3,4)5)22(23(31)27-16-21(30)34-6)19-14-11-10-13-18(19)8-2/h2,10-11,13-14,20,22,36H,7,9,12,15-17H2,1,3-6H3,(H,27,31)(H,28,33). The van der Waals surface area contributed by atoms with E-state index in [1.54, 1.807) is 45.0 Å². The molecule has 0 spiro atoms. The number of carbonyl (C=O) groups excluding carboxylic acids is 4. The molecule has 0 saturated carbocycles. The van der Waals surface area contributed by atoms with Crippen LogP contribution in [-0.4, -0.2) is 66.4 Å². The van der Waals surface area contributed by atoms with Gasteiger partial charge < -0.3 is 25.0 Å². The molecule has 0 heterocycles. The monoisotopic (exact) mass is 519 g/mol. The average molecular weight is 520 g/mol. The lowest BCUT2D eigenvalue weighted by molar-refractivity contribution is -0.144. The van der Waals surface area contributed by atoms with Gasteiger partial charge in [-0.3, -0.25) is 14.4 Å². The number of rotatable bonds is 12. The van der Waals surface area contributed by atoms with Gasteiger partial charge in [0.2, 0.25) is 11.8 Å². The summed E-state index contributed by atoms with van der Waals surface area (Å²) in [4.78, 5) is 52.6. The van der Waals surface area contributed by atoms with E-state index in [2.05, 4.69) is 33.9 Å². The maximum absolute atomic E-state index is 13.8. The molecular formula is C26H37N3O6S. The molecule has 1 rings (SSSR count). The SMILES string of the molecule is C#Cc1ccccc1C(C(=O)NCC(=O)OC)N(CCCCC)C(=O)C(CS)NC(=O)OC(C)(C)C. The van der Waals surface area contributed by atoms with Gasteiger partial charge in [-0.1, -0.05) is 43.9 Å². The summed E-state index contributed by atoms with van der Waals surface area (Å²) in [5.41, 5.74) is 0.0749. The summed E-state index contributed by atoms with van der Waals surface area (Å²) >= 11 is 4.26. The number of nitrogens with one attached hydrogen (secondary N) is 2. The van der Waals surface area contributed by atoms with Gasteiger partial charge >= 0.3 is 12.1 Å². The van der Waals surface area contributed by atoms with Crippen molar-refractivity contribution in [1.82, 2.24) is 15.5 Å². The summed E-state index contributed by atoms with van der Waals surface area (Å²) in [6.45, 7) is 6.97. The molecule has 0 saturated heterocycles. The smallest absolute Gasteiger partial charge is 0.408 e. The number of carbonyl (C=O) groups is 4. The van der Waals surface area contributed by atoms with Crippen LogP contribution in [0.15, 0.2) is 24.3 Å². The second-order valence-electron chi connectivity index (χ2n) is 9.05. The van der Waals surface area contributed by atoms with Gasteiger partial charge in [0, 0.05) is 17.9 Å². The average Bonchev–Trinajstić information content (AvgIpc) is 2.83. The topological polar surface area (TPSA) is 114 Å². The minimum absolute atomic E-state index is 0.0321. The van der Waals surface area contributed by atoms with Crippen molar-refractivity contribution in [2.45, 2.75) is 64.6 Å². The quantitative estimate of drug-likeness (QED) is 0.169. The fourth-order valence-electron chi connectivity index (χ4n) is 3.38. The van der Waals surface area contributed by atoms with Crippen molar-refractivity contribution < 1.29 is 28.7 Å². The molecule has 0 aromatic heterocycles. The van der Waals surface area contributed by atoms with Gasteiger partial charge in [-0.15, -0.1) is 6.42 Å². The van der Waals surface area contributed by atoms with E-state index in [0.29, 0.717) is 17.5 Å². The van der Waals surface area contributed by atoms with Crippen LogP contribution >= 0.6 is 12.6 Å². The number of hydrogen-bond donors (Lipinski definition) is 3. The van der Waals surface area contributed by atoms with Gasteiger partial charge in [0.1, 0.15) is 24.2 Å². The van der Waals surface area contributed by atoms with Crippen LogP contribution in [0, 0.1) is 12.3 Å². The van der Waals surface area contributed by atoms with Crippen molar-refractivity contribution >= 4 is 36.5 Å². The molecule has 0 aliphatic carbocycles. The molecule has 36 heavy (non-hydrogen) atoms. The zero-order chi connectivity index (χ0) is 27.3. The van der Waals surface area contributed by atoms with Gasteiger partial charge in [-0.2, -0.15) is 12.6 Å². The Labute approximate surface area is 219 Å². The number of ether oxygens (including phenoxy) is 2. The maximum atomic E-state index is 13.8. The van der Waals surface area contributed by atoms with Crippen molar-refractivity contribution in [2.75, 3.05) is 26.0 Å². The van der Waals surface area contributed by atoms with E-state index < -0.39 is 41.6 Å². The summed E-state index contributed by atoms with van der Waals surface area (Å²) in [7, 11) is 1.21. The van der Waals surface area contributed by atoms with E-state index in [1.165, 1.54) is 12.0 Å². The van der Waals surface area contributed by atoms with E-state index >= 15 is 0 Å². The van der Waals surface area contributed by atoms with Crippen LogP contribution in [-0.2, 0) is 23.9 Å². The van der Waals surface area contributed by atoms with Gasteiger partial charge in [0.25, 0.3) is 0 Å². The third kappa shape index (κ3) is 9.82. The summed E-state index contributed by atoms with van der Waals surface area (Å²) < 4.78 is 9.91. The third-order valence-corrected chi connectivity index (χ3v) is 5.43. The molecule has 0 radical (unpaired) electrons. The highest BCUT2D eigenvalue weighted by atomic mass is 32.1. The van der Waals surface area contributed by atoms with Crippen molar-refractivity contribution in [3.05, 3.63) is 35.4 Å². The molecule has 10 heteroatoms. The molecule has 2 atom stereocenters. The molecule has 2 N–H and O–H groups in total. The van der Waals surface area contributed by atoms with Crippen LogP contribution in [0.4, 0.5) is 4.79 Å². The highest BCUT2D eigenvalue weighted by Crippen LogP contribution is 2.26. The summed E-state index contributed by atoms with van der Waals surface area (Å²) in [6, 6.07) is 4.54. The van der Waals surface area contributed by atoms with Crippen LogP contribution in [0.1, 0.15) is 64.1 Å². The molecule has 3 amide bonds. The van der Waals surface area contributed by atoms with E-state index in [4.69, 9.17) is 11.2 Å². The molecule has 1 aromatic rings. The lowest BCUT2D eigenvalue weighted by Crippen LogP contribution is -2.54. The molecule has 198 valence electrons. The van der Waals surface area contributed by atoms with Crippen molar-refractivity contribution in [2.24, 2.45) is 0 Å². The Morgan fingerprint density at radius 1 is 1.17 bits per heavy atom. The fraction of sp³-hybridized carbons (Fsp3) is 0.538. The summed E-state index contributed by atoms with van der Waals surface area (Å²) in [5, 5.41) is 5.08. The first-order valence-corrected chi connectivity index (χ1v) is 12.4. The Morgan fingerprint density at radius 3 is 2.39 bits per heavy atom. The van der Waals surface area contributed by atoms with E-state index in [0.717, 1.165) is 12.8 Å². The molecule has 9 nitrogen and oxygen atoms in total. The number of esters is 1. The molecule has 2 unspecified atom stereocenters. The Bertz CT molecular complexity index is 954. The minimum Gasteiger partial charge on any atom is -0.468 e. The summed E-state index contributed by atoms with van der Waals surface area (Å²) in [6.07, 6.45) is 7.21. The lowest BCUT2D eigenvalue weighted by atomic mass is 9.97. The lowest BCUT2D eigenvalue weighted by Gasteiger charge is -2.34. The van der Waals surface area contributed by atoms with Crippen molar-refractivity contribution in [3.8, 4) is 12.3 Å². The van der Waals surface area contributed by atoms with Crippen molar-refractivity contribution in [1.29, 1.82) is 0 Å². The number of hydrogen-bond acceptors (Lipinski definition) is 7. The Balaban J connectivity index is 3.47. The van der Waals surface area contributed by atoms with Crippen molar-refractivity contribution in [3.63, 3.8) is 0 Å². The summed E-state index contributed by atoms with van der Waals surface area (Å²) in [5.74, 6) is 0.741. The van der Waals surface area contributed by atoms with Gasteiger partial charge in [0.05, 0.1) is 7.11 Å². The second-order valence-corrected chi connectivity index (χ2v) is 9.41. The Kier molecular flexibility index (Phi) is 12.9.